The third kappa shape index (κ3) is 4.54. The van der Waals surface area contributed by atoms with Crippen molar-refractivity contribution in [3.8, 4) is 5.88 Å². The molecule has 1 amide bonds. The van der Waals surface area contributed by atoms with Crippen molar-refractivity contribution in [2.75, 3.05) is 31.2 Å². The maximum atomic E-state index is 12.5. The average Bonchev–Trinajstić information content (AvgIpc) is 3.42. The standard InChI is InChI=1S/C20H23ClN4O3/c21-17-10-15(12-24-20(17)28-16-4-8-27-13-16)19(26)23-11-14-3-5-22-18(9-14)25-6-1-2-7-25/h3,5,9-10,12,16H,1-2,4,6-8,11,13H2,(H,23,26). The largest absolute Gasteiger partial charge is 0.471 e. The van der Waals surface area contributed by atoms with E-state index in [-0.39, 0.29) is 12.0 Å². The van der Waals surface area contributed by atoms with Crippen molar-refractivity contribution < 1.29 is 14.3 Å². The summed E-state index contributed by atoms with van der Waals surface area (Å²) in [6.45, 7) is 3.70. The lowest BCUT2D eigenvalue weighted by molar-refractivity contribution is 0.0950. The molecule has 2 saturated heterocycles. The summed E-state index contributed by atoms with van der Waals surface area (Å²) >= 11 is 6.24. The van der Waals surface area contributed by atoms with Crippen molar-refractivity contribution in [1.29, 1.82) is 0 Å². The molecule has 2 aromatic rings. The lowest BCUT2D eigenvalue weighted by atomic mass is 10.2. The first-order chi connectivity index (χ1) is 13.7. The second-order valence-electron chi connectivity index (χ2n) is 7.01. The van der Waals surface area contributed by atoms with Crippen molar-refractivity contribution in [3.63, 3.8) is 0 Å². The summed E-state index contributed by atoms with van der Waals surface area (Å²) in [4.78, 5) is 23.4. The SMILES string of the molecule is O=C(NCc1ccnc(N2CCCC2)c1)c1cnc(OC2CCOC2)c(Cl)c1. The Balaban J connectivity index is 1.35. The van der Waals surface area contributed by atoms with Crippen LogP contribution in [0.15, 0.2) is 30.6 Å². The lowest BCUT2D eigenvalue weighted by Gasteiger charge is -2.17. The fraction of sp³-hybridized carbons (Fsp3) is 0.450. The van der Waals surface area contributed by atoms with E-state index in [2.05, 4.69) is 20.2 Å². The van der Waals surface area contributed by atoms with Crippen molar-refractivity contribution >= 4 is 23.3 Å². The molecule has 2 aliphatic rings. The summed E-state index contributed by atoms with van der Waals surface area (Å²) in [6.07, 6.45) is 6.43. The van der Waals surface area contributed by atoms with Crippen LogP contribution in [0, 0.1) is 0 Å². The Kier molecular flexibility index (Phi) is 5.92. The molecule has 4 rings (SSSR count). The zero-order chi connectivity index (χ0) is 19.3. The predicted octanol–water partition coefficient (Wildman–Crippen LogP) is 2.83. The van der Waals surface area contributed by atoms with Gasteiger partial charge in [0.15, 0.2) is 0 Å². The summed E-state index contributed by atoms with van der Waals surface area (Å²) in [6, 6.07) is 5.51. The molecule has 0 aromatic carbocycles. The number of hydrogen-bond donors (Lipinski definition) is 1. The van der Waals surface area contributed by atoms with Gasteiger partial charge in [0.2, 0.25) is 5.88 Å². The van der Waals surface area contributed by atoms with Gasteiger partial charge < -0.3 is 19.7 Å². The lowest BCUT2D eigenvalue weighted by Crippen LogP contribution is -2.24. The second kappa shape index (κ2) is 8.75. The number of hydrogen-bond acceptors (Lipinski definition) is 6. The summed E-state index contributed by atoms with van der Waals surface area (Å²) in [7, 11) is 0. The van der Waals surface area contributed by atoms with Crippen LogP contribution in [0.2, 0.25) is 5.02 Å². The number of ether oxygens (including phenoxy) is 2. The first-order valence-electron chi connectivity index (χ1n) is 9.57. The van der Waals surface area contributed by atoms with Crippen LogP contribution in [0.1, 0.15) is 35.2 Å². The van der Waals surface area contributed by atoms with Gasteiger partial charge in [-0.05, 0) is 36.6 Å². The molecule has 0 saturated carbocycles. The van der Waals surface area contributed by atoms with E-state index in [4.69, 9.17) is 21.1 Å². The van der Waals surface area contributed by atoms with Gasteiger partial charge in [0.1, 0.15) is 16.9 Å². The van der Waals surface area contributed by atoms with Gasteiger partial charge in [-0.1, -0.05) is 11.6 Å². The molecule has 0 spiro atoms. The Hall–Kier alpha value is -2.38. The summed E-state index contributed by atoms with van der Waals surface area (Å²) in [5, 5.41) is 3.23. The molecule has 148 valence electrons. The Bertz CT molecular complexity index is 836. The predicted molar refractivity (Wildman–Crippen MR) is 106 cm³/mol. The highest BCUT2D eigenvalue weighted by Gasteiger charge is 2.20. The van der Waals surface area contributed by atoms with Gasteiger partial charge in [-0.2, -0.15) is 0 Å². The topological polar surface area (TPSA) is 76.6 Å². The van der Waals surface area contributed by atoms with E-state index in [0.717, 1.165) is 30.9 Å². The Morgan fingerprint density at radius 2 is 2.18 bits per heavy atom. The van der Waals surface area contributed by atoms with E-state index in [1.54, 1.807) is 12.3 Å². The minimum atomic E-state index is -0.232. The van der Waals surface area contributed by atoms with E-state index >= 15 is 0 Å². The van der Waals surface area contributed by atoms with E-state index in [9.17, 15) is 4.79 Å². The zero-order valence-corrected chi connectivity index (χ0v) is 16.3. The zero-order valence-electron chi connectivity index (χ0n) is 15.6. The van der Waals surface area contributed by atoms with Crippen molar-refractivity contribution in [3.05, 3.63) is 46.7 Å². The molecule has 8 heteroatoms. The molecule has 2 fully saturated rings. The second-order valence-corrected chi connectivity index (χ2v) is 7.42. The quantitative estimate of drug-likeness (QED) is 0.800. The van der Waals surface area contributed by atoms with Crippen LogP contribution < -0.4 is 15.0 Å². The molecule has 0 bridgehead atoms. The van der Waals surface area contributed by atoms with Gasteiger partial charge in [-0.15, -0.1) is 0 Å². The highest BCUT2D eigenvalue weighted by Crippen LogP contribution is 2.25. The average molecular weight is 403 g/mol. The molecule has 0 radical (unpaired) electrons. The van der Waals surface area contributed by atoms with Crippen LogP contribution in [0.3, 0.4) is 0 Å². The molecule has 2 aromatic heterocycles. The number of anilines is 1. The van der Waals surface area contributed by atoms with Gasteiger partial charge in [-0.25, -0.2) is 9.97 Å². The number of aromatic nitrogens is 2. The minimum Gasteiger partial charge on any atom is -0.471 e. The van der Waals surface area contributed by atoms with Crippen molar-refractivity contribution in [1.82, 2.24) is 15.3 Å². The molecule has 0 aliphatic carbocycles. The fourth-order valence-corrected chi connectivity index (χ4v) is 3.58. The van der Waals surface area contributed by atoms with Crippen LogP contribution in [-0.2, 0) is 11.3 Å². The molecule has 7 nitrogen and oxygen atoms in total. The molecule has 1 atom stereocenters. The highest BCUT2D eigenvalue weighted by molar-refractivity contribution is 6.32. The Labute approximate surface area is 169 Å². The van der Waals surface area contributed by atoms with Crippen molar-refractivity contribution in [2.45, 2.75) is 31.9 Å². The maximum Gasteiger partial charge on any atom is 0.253 e. The molecule has 28 heavy (non-hydrogen) atoms. The number of carbonyl (C=O) groups is 1. The number of amides is 1. The highest BCUT2D eigenvalue weighted by atomic mass is 35.5. The normalized spacial score (nSPS) is 19.0. The number of halogens is 1. The van der Waals surface area contributed by atoms with Crippen LogP contribution in [-0.4, -0.2) is 48.3 Å². The van der Waals surface area contributed by atoms with Gasteiger partial charge >= 0.3 is 0 Å². The molecule has 4 heterocycles. The Morgan fingerprint density at radius 3 is 2.93 bits per heavy atom. The van der Waals surface area contributed by atoms with Gasteiger partial charge in [-0.3, -0.25) is 4.79 Å². The van der Waals surface area contributed by atoms with Gasteiger partial charge in [0.05, 0.1) is 18.8 Å². The number of nitrogens with one attached hydrogen (secondary N) is 1. The summed E-state index contributed by atoms with van der Waals surface area (Å²) in [5.41, 5.74) is 1.40. The Morgan fingerprint density at radius 1 is 1.32 bits per heavy atom. The minimum absolute atomic E-state index is 0.0406. The van der Waals surface area contributed by atoms with Crippen LogP contribution >= 0.6 is 11.6 Å². The van der Waals surface area contributed by atoms with E-state index < -0.39 is 0 Å². The maximum absolute atomic E-state index is 12.5. The number of carbonyl (C=O) groups excluding carboxylic acids is 1. The number of rotatable bonds is 6. The third-order valence-corrected chi connectivity index (χ3v) is 5.20. The molecule has 2 aliphatic heterocycles. The molecule has 1 unspecified atom stereocenters. The van der Waals surface area contributed by atoms with Gasteiger partial charge in [0.25, 0.3) is 5.91 Å². The third-order valence-electron chi connectivity index (χ3n) is 4.93. The fourth-order valence-electron chi connectivity index (χ4n) is 3.37. The van der Waals surface area contributed by atoms with Crippen molar-refractivity contribution in [2.24, 2.45) is 0 Å². The summed E-state index contributed by atoms with van der Waals surface area (Å²) in [5.74, 6) is 1.06. The first kappa shape index (κ1) is 19.0. The van der Waals surface area contributed by atoms with E-state index in [0.29, 0.717) is 36.2 Å². The summed E-state index contributed by atoms with van der Waals surface area (Å²) < 4.78 is 11.0. The van der Waals surface area contributed by atoms with Gasteiger partial charge in [0, 0.05) is 38.4 Å². The first-order valence-corrected chi connectivity index (χ1v) is 9.95. The number of nitrogens with zero attached hydrogens (tertiary/aromatic N) is 3. The van der Waals surface area contributed by atoms with Crippen LogP contribution in [0.25, 0.3) is 0 Å². The van der Waals surface area contributed by atoms with Crippen LogP contribution in [0.4, 0.5) is 5.82 Å². The molecular weight excluding hydrogens is 380 g/mol. The molecular formula is C20H23ClN4O3. The monoisotopic (exact) mass is 402 g/mol. The molecule has 1 N–H and O–H groups in total. The number of pyridine rings is 2. The van der Waals surface area contributed by atoms with E-state index in [1.165, 1.54) is 19.0 Å². The van der Waals surface area contributed by atoms with E-state index in [1.807, 2.05) is 12.1 Å². The van der Waals surface area contributed by atoms with Crippen LogP contribution in [0.5, 0.6) is 5.88 Å². The smallest absolute Gasteiger partial charge is 0.253 e.